The Bertz CT molecular complexity index is 544. The van der Waals surface area contributed by atoms with Crippen LogP contribution in [0.15, 0.2) is 12.1 Å². The minimum Gasteiger partial charge on any atom is -0.477 e. The Labute approximate surface area is 116 Å². The molecular weight excluding hydrogens is 286 g/mol. The van der Waals surface area contributed by atoms with Crippen LogP contribution < -0.4 is 4.72 Å². The molecule has 0 aliphatic heterocycles. The second kappa shape index (κ2) is 5.92. The Morgan fingerprint density at radius 2 is 2.00 bits per heavy atom. The molecule has 2 rings (SSSR count). The Morgan fingerprint density at radius 3 is 2.58 bits per heavy atom. The van der Waals surface area contributed by atoms with Gasteiger partial charge < -0.3 is 5.11 Å². The van der Waals surface area contributed by atoms with Crippen LogP contribution in [0.4, 0.5) is 5.00 Å². The van der Waals surface area contributed by atoms with Crippen molar-refractivity contribution in [1.29, 1.82) is 0 Å². The zero-order valence-corrected chi connectivity index (χ0v) is 12.1. The Morgan fingerprint density at radius 1 is 1.32 bits per heavy atom. The van der Waals surface area contributed by atoms with Gasteiger partial charge in [-0.2, -0.15) is 0 Å². The maximum absolute atomic E-state index is 12.0. The third-order valence-electron chi connectivity index (χ3n) is 3.25. The highest BCUT2D eigenvalue weighted by atomic mass is 32.2. The van der Waals surface area contributed by atoms with E-state index in [1.165, 1.54) is 18.6 Å². The van der Waals surface area contributed by atoms with Gasteiger partial charge in [-0.05, 0) is 30.9 Å². The molecule has 0 atom stereocenters. The van der Waals surface area contributed by atoms with E-state index in [2.05, 4.69) is 4.72 Å². The van der Waals surface area contributed by atoms with E-state index in [-0.39, 0.29) is 16.5 Å². The molecular formula is C12H17NO4S2. The summed E-state index contributed by atoms with van der Waals surface area (Å²) < 4.78 is 26.5. The largest absolute Gasteiger partial charge is 0.477 e. The van der Waals surface area contributed by atoms with Gasteiger partial charge in [-0.25, -0.2) is 13.2 Å². The predicted octanol–water partition coefficient (Wildman–Crippen LogP) is 2.77. The molecule has 0 unspecified atom stereocenters. The smallest absolute Gasteiger partial charge is 0.345 e. The van der Waals surface area contributed by atoms with Crippen LogP contribution in [0.25, 0.3) is 0 Å². The topological polar surface area (TPSA) is 83.5 Å². The molecule has 1 saturated carbocycles. The summed E-state index contributed by atoms with van der Waals surface area (Å²) in [6, 6.07) is 2.90. The van der Waals surface area contributed by atoms with Gasteiger partial charge in [-0.15, -0.1) is 11.3 Å². The number of anilines is 1. The molecule has 1 fully saturated rings. The molecule has 0 spiro atoms. The van der Waals surface area contributed by atoms with Crippen LogP contribution in [0, 0.1) is 5.92 Å². The minimum atomic E-state index is -3.38. The fourth-order valence-electron chi connectivity index (χ4n) is 2.37. The van der Waals surface area contributed by atoms with Crippen LogP contribution in [0.3, 0.4) is 0 Å². The van der Waals surface area contributed by atoms with Gasteiger partial charge in [0.15, 0.2) is 0 Å². The van der Waals surface area contributed by atoms with Gasteiger partial charge in [-0.3, -0.25) is 4.72 Å². The van der Waals surface area contributed by atoms with Crippen LogP contribution in [-0.2, 0) is 10.0 Å². The summed E-state index contributed by atoms with van der Waals surface area (Å²) >= 11 is 0.940. The van der Waals surface area contributed by atoms with Crippen LogP contribution in [0.5, 0.6) is 0 Å². The van der Waals surface area contributed by atoms with Crippen molar-refractivity contribution in [1.82, 2.24) is 0 Å². The van der Waals surface area contributed by atoms with Crippen molar-refractivity contribution in [3.63, 3.8) is 0 Å². The summed E-state index contributed by atoms with van der Waals surface area (Å²) in [6.07, 6.45) is 5.32. The minimum absolute atomic E-state index is 0.132. The first-order valence-electron chi connectivity index (χ1n) is 6.30. The molecule has 0 aromatic carbocycles. The van der Waals surface area contributed by atoms with E-state index in [1.807, 2.05) is 0 Å². The van der Waals surface area contributed by atoms with E-state index in [9.17, 15) is 13.2 Å². The van der Waals surface area contributed by atoms with Gasteiger partial charge in [0.2, 0.25) is 10.0 Å². The highest BCUT2D eigenvalue weighted by Crippen LogP contribution is 2.27. The van der Waals surface area contributed by atoms with Gasteiger partial charge in [0, 0.05) is 0 Å². The van der Waals surface area contributed by atoms with Crippen LogP contribution in [0.2, 0.25) is 0 Å². The number of nitrogens with one attached hydrogen (secondary N) is 1. The lowest BCUT2D eigenvalue weighted by Crippen LogP contribution is -2.23. The van der Waals surface area contributed by atoms with Crippen molar-refractivity contribution >= 4 is 32.3 Å². The molecule has 5 nitrogen and oxygen atoms in total. The molecule has 7 heteroatoms. The lowest BCUT2D eigenvalue weighted by atomic mass is 9.91. The normalized spacial score (nSPS) is 17.3. The zero-order valence-electron chi connectivity index (χ0n) is 10.5. The summed E-state index contributed by atoms with van der Waals surface area (Å²) in [5, 5.41) is 9.16. The van der Waals surface area contributed by atoms with Crippen molar-refractivity contribution in [3.05, 3.63) is 17.0 Å². The molecule has 0 amide bonds. The first-order chi connectivity index (χ1) is 8.96. The number of sulfonamides is 1. The van der Waals surface area contributed by atoms with E-state index in [1.54, 1.807) is 0 Å². The van der Waals surface area contributed by atoms with E-state index >= 15 is 0 Å². The Kier molecular flexibility index (Phi) is 4.46. The predicted molar refractivity (Wildman–Crippen MR) is 75.3 cm³/mol. The first kappa shape index (κ1) is 14.3. The molecule has 1 aromatic heterocycles. The van der Waals surface area contributed by atoms with Gasteiger partial charge in [0.1, 0.15) is 9.88 Å². The highest BCUT2D eigenvalue weighted by Gasteiger charge is 2.22. The highest BCUT2D eigenvalue weighted by molar-refractivity contribution is 7.92. The second-order valence-corrected chi connectivity index (χ2v) is 7.71. The molecule has 1 aromatic rings. The Hall–Kier alpha value is -1.08. The average Bonchev–Trinajstić information content (AvgIpc) is 2.77. The zero-order chi connectivity index (χ0) is 13.9. The number of carboxylic acids is 1. The van der Waals surface area contributed by atoms with Crippen molar-refractivity contribution in [3.8, 4) is 0 Å². The molecule has 106 valence electrons. The third-order valence-corrected chi connectivity index (χ3v) is 5.81. The van der Waals surface area contributed by atoms with Gasteiger partial charge in [-0.1, -0.05) is 19.3 Å². The molecule has 0 radical (unpaired) electrons. The SMILES string of the molecule is O=C(O)c1ccc(NS(=O)(=O)CC2CCCCC2)s1. The molecule has 19 heavy (non-hydrogen) atoms. The number of hydrogen-bond acceptors (Lipinski definition) is 4. The maximum atomic E-state index is 12.0. The summed E-state index contributed by atoms with van der Waals surface area (Å²) in [7, 11) is -3.38. The summed E-state index contributed by atoms with van der Waals surface area (Å²) in [6.45, 7) is 0. The van der Waals surface area contributed by atoms with Crippen LogP contribution in [0.1, 0.15) is 41.8 Å². The van der Waals surface area contributed by atoms with Crippen molar-refractivity contribution in [2.24, 2.45) is 5.92 Å². The molecule has 2 N–H and O–H groups in total. The first-order valence-corrected chi connectivity index (χ1v) is 8.77. The fourth-order valence-corrected chi connectivity index (χ4v) is 4.92. The third kappa shape index (κ3) is 4.21. The van der Waals surface area contributed by atoms with Crippen molar-refractivity contribution < 1.29 is 18.3 Å². The summed E-state index contributed by atoms with van der Waals surface area (Å²) in [5.41, 5.74) is 0. The van der Waals surface area contributed by atoms with Gasteiger partial charge >= 0.3 is 5.97 Å². The number of carboxylic acid groups (broad SMARTS) is 1. The van der Waals surface area contributed by atoms with E-state index < -0.39 is 16.0 Å². The number of thiophene rings is 1. The molecule has 0 bridgehead atoms. The molecule has 1 heterocycles. The van der Waals surface area contributed by atoms with Crippen molar-refractivity contribution in [2.75, 3.05) is 10.5 Å². The molecule has 0 saturated heterocycles. The van der Waals surface area contributed by atoms with Gasteiger partial charge in [0.05, 0.1) is 5.75 Å². The lowest BCUT2D eigenvalue weighted by molar-refractivity contribution is 0.0702. The fraction of sp³-hybridized carbons (Fsp3) is 0.583. The second-order valence-electron chi connectivity index (χ2n) is 4.86. The molecule has 1 aliphatic carbocycles. The quantitative estimate of drug-likeness (QED) is 0.876. The number of rotatable bonds is 5. The number of carbonyl (C=O) groups is 1. The number of hydrogen-bond donors (Lipinski definition) is 2. The summed E-state index contributed by atoms with van der Waals surface area (Å²) in [4.78, 5) is 10.9. The average molecular weight is 303 g/mol. The molecule has 1 aliphatic rings. The van der Waals surface area contributed by atoms with E-state index in [0.29, 0.717) is 5.00 Å². The monoisotopic (exact) mass is 303 g/mol. The maximum Gasteiger partial charge on any atom is 0.345 e. The van der Waals surface area contributed by atoms with Crippen LogP contribution in [-0.4, -0.2) is 25.2 Å². The van der Waals surface area contributed by atoms with Gasteiger partial charge in [0.25, 0.3) is 0 Å². The Balaban J connectivity index is 1.97. The van der Waals surface area contributed by atoms with Crippen LogP contribution >= 0.6 is 11.3 Å². The van der Waals surface area contributed by atoms with E-state index in [0.717, 1.165) is 37.0 Å². The standard InChI is InChI=1S/C12H17NO4S2/c14-12(15)10-6-7-11(18-10)13-19(16,17)8-9-4-2-1-3-5-9/h6-7,9,13H,1-5,8H2,(H,14,15). The summed E-state index contributed by atoms with van der Waals surface area (Å²) in [5.74, 6) is -0.680. The number of aromatic carboxylic acids is 1. The van der Waals surface area contributed by atoms with Crippen molar-refractivity contribution in [2.45, 2.75) is 32.1 Å². The van der Waals surface area contributed by atoms with E-state index in [4.69, 9.17) is 5.11 Å². The lowest BCUT2D eigenvalue weighted by Gasteiger charge is -2.21.